The molecule has 94 valence electrons. The summed E-state index contributed by atoms with van der Waals surface area (Å²) >= 11 is 1.68. The van der Waals surface area contributed by atoms with Crippen molar-refractivity contribution in [3.8, 4) is 0 Å². The van der Waals surface area contributed by atoms with Gasteiger partial charge in [-0.3, -0.25) is 0 Å². The van der Waals surface area contributed by atoms with Crippen molar-refractivity contribution in [2.24, 2.45) is 0 Å². The summed E-state index contributed by atoms with van der Waals surface area (Å²) in [5.74, 6) is 0.767. The second-order valence-electron chi connectivity index (χ2n) is 4.50. The van der Waals surface area contributed by atoms with E-state index >= 15 is 0 Å². The van der Waals surface area contributed by atoms with Gasteiger partial charge in [0, 0.05) is 16.6 Å². The van der Waals surface area contributed by atoms with Crippen molar-refractivity contribution >= 4 is 17.4 Å². The van der Waals surface area contributed by atoms with E-state index < -0.39 is 0 Å². The number of hydrogen-bond acceptors (Lipinski definition) is 3. The Bertz CT molecular complexity index is 344. The average Bonchev–Trinajstić information content (AvgIpc) is 2.29. The highest BCUT2D eigenvalue weighted by atomic mass is 32.2. The van der Waals surface area contributed by atoms with Crippen LogP contribution in [0.4, 0.5) is 10.1 Å². The molecular formula is C13H19FN2S. The van der Waals surface area contributed by atoms with Gasteiger partial charge in [0.2, 0.25) is 0 Å². The number of nitrogens with two attached hydrogens (primary N) is 1. The van der Waals surface area contributed by atoms with Crippen LogP contribution < -0.4 is 11.1 Å². The minimum Gasteiger partial charge on any atom is -0.399 e. The van der Waals surface area contributed by atoms with Gasteiger partial charge in [0.1, 0.15) is 5.82 Å². The quantitative estimate of drug-likeness (QED) is 0.640. The van der Waals surface area contributed by atoms with Gasteiger partial charge in [0.05, 0.1) is 0 Å². The van der Waals surface area contributed by atoms with E-state index in [1.807, 2.05) is 6.07 Å². The summed E-state index contributed by atoms with van der Waals surface area (Å²) in [6, 6.07) is 5.38. The standard InChI is InChI=1S/C13H19FN2S/c14-10-7-11(15)9-13(8-10)17-6-4-12-3-1-2-5-16-12/h7-9,12,16H,1-6,15H2. The molecule has 3 N–H and O–H groups in total. The van der Waals surface area contributed by atoms with E-state index in [1.54, 1.807) is 17.8 Å². The van der Waals surface area contributed by atoms with Crippen LogP contribution in [0.25, 0.3) is 0 Å². The second-order valence-corrected chi connectivity index (χ2v) is 5.67. The Hall–Kier alpha value is -0.740. The smallest absolute Gasteiger partial charge is 0.126 e. The number of nitrogen functional groups attached to an aromatic ring is 1. The summed E-state index contributed by atoms with van der Waals surface area (Å²) in [5, 5.41) is 3.52. The van der Waals surface area contributed by atoms with Gasteiger partial charge in [0.15, 0.2) is 0 Å². The highest BCUT2D eigenvalue weighted by Crippen LogP contribution is 2.24. The van der Waals surface area contributed by atoms with Crippen molar-refractivity contribution in [1.82, 2.24) is 5.32 Å². The van der Waals surface area contributed by atoms with Crippen molar-refractivity contribution in [1.29, 1.82) is 0 Å². The van der Waals surface area contributed by atoms with Gasteiger partial charge >= 0.3 is 0 Å². The summed E-state index contributed by atoms with van der Waals surface area (Å²) in [6.45, 7) is 1.14. The Balaban J connectivity index is 1.77. The van der Waals surface area contributed by atoms with Crippen LogP contribution in [0.15, 0.2) is 23.1 Å². The SMILES string of the molecule is Nc1cc(F)cc(SCCC2CCCCN2)c1. The second kappa shape index (κ2) is 6.26. The lowest BCUT2D eigenvalue weighted by Crippen LogP contribution is -2.34. The Kier molecular flexibility index (Phi) is 4.68. The van der Waals surface area contributed by atoms with E-state index in [1.165, 1.54) is 25.3 Å². The lowest BCUT2D eigenvalue weighted by Gasteiger charge is -2.23. The summed E-state index contributed by atoms with van der Waals surface area (Å²) in [6.07, 6.45) is 5.03. The Morgan fingerprint density at radius 2 is 2.24 bits per heavy atom. The molecule has 4 heteroatoms. The number of anilines is 1. The highest BCUT2D eigenvalue weighted by Gasteiger charge is 2.11. The monoisotopic (exact) mass is 254 g/mol. The molecule has 0 bridgehead atoms. The lowest BCUT2D eigenvalue weighted by atomic mass is 10.0. The molecule has 0 aliphatic carbocycles. The van der Waals surface area contributed by atoms with Crippen molar-refractivity contribution in [2.45, 2.75) is 36.6 Å². The zero-order valence-electron chi connectivity index (χ0n) is 9.92. The summed E-state index contributed by atoms with van der Waals surface area (Å²) in [5.41, 5.74) is 6.11. The third kappa shape index (κ3) is 4.21. The number of halogens is 1. The maximum absolute atomic E-state index is 13.1. The fourth-order valence-corrected chi connectivity index (χ4v) is 3.21. The van der Waals surface area contributed by atoms with Crippen LogP contribution in [0.1, 0.15) is 25.7 Å². The van der Waals surface area contributed by atoms with Gasteiger partial charge in [-0.1, -0.05) is 6.42 Å². The first-order chi connectivity index (χ1) is 8.24. The molecule has 2 nitrogen and oxygen atoms in total. The predicted octanol–water partition coefficient (Wildman–Crippen LogP) is 3.03. The molecule has 1 fully saturated rings. The molecular weight excluding hydrogens is 235 g/mol. The Morgan fingerprint density at radius 1 is 1.35 bits per heavy atom. The third-order valence-electron chi connectivity index (χ3n) is 3.04. The minimum absolute atomic E-state index is 0.247. The number of thioether (sulfide) groups is 1. The van der Waals surface area contributed by atoms with Crippen LogP contribution in [0, 0.1) is 5.82 Å². The molecule has 1 aliphatic rings. The summed E-state index contributed by atoms with van der Waals surface area (Å²) < 4.78 is 13.1. The number of hydrogen-bond donors (Lipinski definition) is 2. The van der Waals surface area contributed by atoms with E-state index in [0.717, 1.165) is 23.6 Å². The normalized spacial score (nSPS) is 20.4. The van der Waals surface area contributed by atoms with E-state index in [-0.39, 0.29) is 5.82 Å². The predicted molar refractivity (Wildman–Crippen MR) is 71.8 cm³/mol. The van der Waals surface area contributed by atoms with Gasteiger partial charge in [-0.15, -0.1) is 11.8 Å². The maximum atomic E-state index is 13.1. The molecule has 0 aromatic heterocycles. The van der Waals surface area contributed by atoms with Crippen LogP contribution in [0.5, 0.6) is 0 Å². The van der Waals surface area contributed by atoms with Crippen molar-refractivity contribution < 1.29 is 4.39 Å². The van der Waals surface area contributed by atoms with Crippen molar-refractivity contribution in [3.05, 3.63) is 24.0 Å². The van der Waals surface area contributed by atoms with Crippen molar-refractivity contribution in [2.75, 3.05) is 18.0 Å². The van der Waals surface area contributed by atoms with Crippen LogP contribution in [0.2, 0.25) is 0 Å². The zero-order valence-corrected chi connectivity index (χ0v) is 10.7. The van der Waals surface area contributed by atoms with Crippen LogP contribution in [-0.4, -0.2) is 18.3 Å². The van der Waals surface area contributed by atoms with Gasteiger partial charge in [-0.2, -0.15) is 0 Å². The van der Waals surface area contributed by atoms with Crippen LogP contribution in [0.3, 0.4) is 0 Å². The van der Waals surface area contributed by atoms with E-state index in [9.17, 15) is 4.39 Å². The summed E-state index contributed by atoms with van der Waals surface area (Å²) in [7, 11) is 0. The molecule has 0 saturated carbocycles. The first-order valence-corrected chi connectivity index (χ1v) is 7.15. The molecule has 1 unspecified atom stereocenters. The van der Waals surface area contributed by atoms with Crippen LogP contribution >= 0.6 is 11.8 Å². The third-order valence-corrected chi connectivity index (χ3v) is 4.05. The molecule has 1 heterocycles. The highest BCUT2D eigenvalue weighted by molar-refractivity contribution is 7.99. The largest absolute Gasteiger partial charge is 0.399 e. The topological polar surface area (TPSA) is 38.0 Å². The van der Waals surface area contributed by atoms with Gasteiger partial charge < -0.3 is 11.1 Å². The molecule has 0 amide bonds. The molecule has 1 aromatic carbocycles. The van der Waals surface area contributed by atoms with Crippen molar-refractivity contribution in [3.63, 3.8) is 0 Å². The molecule has 1 aliphatic heterocycles. The lowest BCUT2D eigenvalue weighted by molar-refractivity contribution is 0.395. The zero-order chi connectivity index (χ0) is 12.1. The molecule has 17 heavy (non-hydrogen) atoms. The number of rotatable bonds is 4. The number of piperidine rings is 1. The van der Waals surface area contributed by atoms with E-state index in [4.69, 9.17) is 5.73 Å². The first kappa shape index (κ1) is 12.7. The van der Waals surface area contributed by atoms with Gasteiger partial charge in [0.25, 0.3) is 0 Å². The van der Waals surface area contributed by atoms with Gasteiger partial charge in [-0.05, 0) is 49.8 Å². The maximum Gasteiger partial charge on any atom is 0.126 e. The minimum atomic E-state index is -0.247. The first-order valence-electron chi connectivity index (χ1n) is 6.16. The Labute approximate surface area is 106 Å². The van der Waals surface area contributed by atoms with E-state index in [2.05, 4.69) is 5.32 Å². The molecule has 1 saturated heterocycles. The van der Waals surface area contributed by atoms with E-state index in [0.29, 0.717) is 11.7 Å². The molecule has 2 rings (SSSR count). The molecule has 1 aromatic rings. The van der Waals surface area contributed by atoms with Crippen LogP contribution in [-0.2, 0) is 0 Å². The molecule has 0 spiro atoms. The fourth-order valence-electron chi connectivity index (χ4n) is 2.16. The van der Waals surface area contributed by atoms with Gasteiger partial charge in [-0.25, -0.2) is 4.39 Å². The Morgan fingerprint density at radius 3 is 2.94 bits per heavy atom. The summed E-state index contributed by atoms with van der Waals surface area (Å²) in [4.78, 5) is 0.929. The molecule has 1 atom stereocenters. The fraction of sp³-hybridized carbons (Fsp3) is 0.538. The molecule has 0 radical (unpaired) electrons. The average molecular weight is 254 g/mol. The number of benzene rings is 1. The number of nitrogens with one attached hydrogen (secondary N) is 1.